The maximum Gasteiger partial charge on any atom is 0.242 e. The average Bonchev–Trinajstić information content (AvgIpc) is 2.32. The van der Waals surface area contributed by atoms with Gasteiger partial charge >= 0.3 is 0 Å². The molecular formula is C13H22N2O2S2. The minimum Gasteiger partial charge on any atom is -0.398 e. The minimum absolute atomic E-state index is 0.0685. The van der Waals surface area contributed by atoms with E-state index < -0.39 is 10.0 Å². The van der Waals surface area contributed by atoms with Gasteiger partial charge in [-0.1, -0.05) is 6.92 Å². The van der Waals surface area contributed by atoms with Crippen molar-refractivity contribution in [3.8, 4) is 0 Å². The van der Waals surface area contributed by atoms with Crippen LogP contribution in [0.25, 0.3) is 0 Å². The molecule has 1 aromatic rings. The molecule has 0 fully saturated rings. The van der Waals surface area contributed by atoms with Crippen LogP contribution >= 0.6 is 11.8 Å². The van der Waals surface area contributed by atoms with Crippen molar-refractivity contribution < 1.29 is 8.42 Å². The number of hydrogen-bond donors (Lipinski definition) is 2. The third-order valence-electron chi connectivity index (χ3n) is 3.10. The van der Waals surface area contributed by atoms with E-state index in [9.17, 15) is 8.42 Å². The lowest BCUT2D eigenvalue weighted by Crippen LogP contribution is -2.36. The second kappa shape index (κ2) is 6.63. The summed E-state index contributed by atoms with van der Waals surface area (Å²) in [4.78, 5) is 0.176. The molecule has 4 nitrogen and oxygen atoms in total. The van der Waals surface area contributed by atoms with Crippen molar-refractivity contribution >= 4 is 27.5 Å². The van der Waals surface area contributed by atoms with Crippen molar-refractivity contribution in [3.05, 3.63) is 23.3 Å². The molecule has 0 aliphatic carbocycles. The van der Waals surface area contributed by atoms with Gasteiger partial charge in [-0.15, -0.1) is 0 Å². The lowest BCUT2D eigenvalue weighted by Gasteiger charge is -2.17. The summed E-state index contributed by atoms with van der Waals surface area (Å²) < 4.78 is 27.4. The highest BCUT2D eigenvalue weighted by Gasteiger charge is 2.21. The summed E-state index contributed by atoms with van der Waals surface area (Å²) in [6.45, 7) is 5.76. The number of nitrogens with one attached hydrogen (secondary N) is 1. The highest BCUT2D eigenvalue weighted by molar-refractivity contribution is 7.98. The Morgan fingerprint density at radius 3 is 2.42 bits per heavy atom. The molecule has 1 aromatic carbocycles. The number of benzene rings is 1. The zero-order valence-electron chi connectivity index (χ0n) is 11.9. The first-order valence-corrected chi connectivity index (χ1v) is 9.07. The van der Waals surface area contributed by atoms with Gasteiger partial charge in [-0.3, -0.25) is 0 Å². The van der Waals surface area contributed by atoms with Crippen LogP contribution in [0.15, 0.2) is 17.0 Å². The Kier molecular flexibility index (Phi) is 5.70. The van der Waals surface area contributed by atoms with E-state index in [4.69, 9.17) is 5.73 Å². The van der Waals surface area contributed by atoms with Crippen LogP contribution in [0, 0.1) is 13.8 Å². The summed E-state index contributed by atoms with van der Waals surface area (Å²) in [5, 5.41) is 0. The number of sulfonamides is 1. The number of nitrogen functional groups attached to an aromatic ring is 1. The largest absolute Gasteiger partial charge is 0.398 e. The lowest BCUT2D eigenvalue weighted by atomic mass is 10.1. The molecule has 1 unspecified atom stereocenters. The van der Waals surface area contributed by atoms with Crippen LogP contribution in [0.3, 0.4) is 0 Å². The SMILES string of the molecule is CCC(CSC)NS(=O)(=O)c1cc(C)c(C)cc1N. The van der Waals surface area contributed by atoms with Crippen LogP contribution in [-0.2, 0) is 10.0 Å². The van der Waals surface area contributed by atoms with E-state index in [2.05, 4.69) is 4.72 Å². The van der Waals surface area contributed by atoms with Crippen LogP contribution in [0.5, 0.6) is 0 Å². The molecule has 0 saturated carbocycles. The molecule has 108 valence electrons. The molecule has 0 aliphatic heterocycles. The molecule has 0 saturated heterocycles. The zero-order valence-corrected chi connectivity index (χ0v) is 13.5. The van der Waals surface area contributed by atoms with Crippen LogP contribution < -0.4 is 10.5 Å². The van der Waals surface area contributed by atoms with Gasteiger partial charge in [-0.05, 0) is 49.8 Å². The Labute approximate surface area is 120 Å². The molecule has 0 bridgehead atoms. The number of aryl methyl sites for hydroxylation is 2. The first-order valence-electron chi connectivity index (χ1n) is 6.19. The molecule has 0 radical (unpaired) electrons. The van der Waals surface area contributed by atoms with Gasteiger partial charge in [0.2, 0.25) is 10.0 Å². The molecule has 0 amide bonds. The average molecular weight is 302 g/mol. The van der Waals surface area contributed by atoms with Crippen molar-refractivity contribution in [2.45, 2.75) is 38.1 Å². The minimum atomic E-state index is -3.55. The molecule has 1 rings (SSSR count). The third kappa shape index (κ3) is 4.12. The molecular weight excluding hydrogens is 280 g/mol. The second-order valence-electron chi connectivity index (χ2n) is 4.66. The quantitative estimate of drug-likeness (QED) is 0.791. The number of nitrogens with two attached hydrogens (primary N) is 1. The van der Waals surface area contributed by atoms with E-state index in [1.165, 1.54) is 0 Å². The monoisotopic (exact) mass is 302 g/mol. The Morgan fingerprint density at radius 1 is 1.32 bits per heavy atom. The summed E-state index contributed by atoms with van der Waals surface area (Å²) in [7, 11) is -3.55. The van der Waals surface area contributed by atoms with Gasteiger partial charge in [-0.2, -0.15) is 11.8 Å². The summed E-state index contributed by atoms with van der Waals surface area (Å²) in [5.41, 5.74) is 8.06. The van der Waals surface area contributed by atoms with E-state index >= 15 is 0 Å². The predicted molar refractivity (Wildman–Crippen MR) is 83.1 cm³/mol. The fourth-order valence-corrected chi connectivity index (χ4v) is 4.11. The highest BCUT2D eigenvalue weighted by atomic mass is 32.2. The lowest BCUT2D eigenvalue weighted by molar-refractivity contribution is 0.558. The van der Waals surface area contributed by atoms with E-state index in [0.29, 0.717) is 5.69 Å². The smallest absolute Gasteiger partial charge is 0.242 e. The Hall–Kier alpha value is -0.720. The molecule has 3 N–H and O–H groups in total. The number of hydrogen-bond acceptors (Lipinski definition) is 4. The topological polar surface area (TPSA) is 72.2 Å². The maximum atomic E-state index is 12.4. The molecule has 0 heterocycles. The van der Waals surface area contributed by atoms with E-state index in [0.717, 1.165) is 23.3 Å². The number of rotatable bonds is 6. The second-order valence-corrected chi connectivity index (χ2v) is 7.25. The van der Waals surface area contributed by atoms with Crippen molar-refractivity contribution in [2.24, 2.45) is 0 Å². The summed E-state index contributed by atoms with van der Waals surface area (Å²) in [6, 6.07) is 3.28. The van der Waals surface area contributed by atoms with Crippen LogP contribution in [-0.4, -0.2) is 26.5 Å². The Balaban J connectivity index is 3.10. The molecule has 1 atom stereocenters. The Bertz CT molecular complexity index is 542. The predicted octanol–water partition coefficient (Wildman–Crippen LogP) is 2.31. The van der Waals surface area contributed by atoms with Crippen LogP contribution in [0.4, 0.5) is 5.69 Å². The van der Waals surface area contributed by atoms with Gasteiger partial charge in [0.1, 0.15) is 4.90 Å². The highest BCUT2D eigenvalue weighted by Crippen LogP contribution is 2.23. The normalized spacial score (nSPS) is 13.5. The van der Waals surface area contributed by atoms with Crippen molar-refractivity contribution in [1.82, 2.24) is 4.72 Å². The fraction of sp³-hybridized carbons (Fsp3) is 0.538. The van der Waals surface area contributed by atoms with Crippen molar-refractivity contribution in [2.75, 3.05) is 17.7 Å². The molecule has 0 aromatic heterocycles. The van der Waals surface area contributed by atoms with Gasteiger partial charge in [0.05, 0.1) is 5.69 Å². The van der Waals surface area contributed by atoms with E-state index in [-0.39, 0.29) is 10.9 Å². The van der Waals surface area contributed by atoms with Crippen molar-refractivity contribution in [1.29, 1.82) is 0 Å². The van der Waals surface area contributed by atoms with Gasteiger partial charge in [0.25, 0.3) is 0 Å². The standard InChI is InChI=1S/C13H22N2O2S2/c1-5-11(8-18-4)15-19(16,17)13-7-10(3)9(2)6-12(13)14/h6-7,11,15H,5,8,14H2,1-4H3. The van der Waals surface area contributed by atoms with Gasteiger partial charge in [0, 0.05) is 11.8 Å². The summed E-state index contributed by atoms with van der Waals surface area (Å²) in [6.07, 6.45) is 2.71. The molecule has 0 spiro atoms. The van der Waals surface area contributed by atoms with E-state index in [1.54, 1.807) is 23.9 Å². The Morgan fingerprint density at radius 2 is 1.89 bits per heavy atom. The first-order chi connectivity index (χ1) is 8.81. The molecule has 19 heavy (non-hydrogen) atoms. The maximum absolute atomic E-state index is 12.4. The van der Waals surface area contributed by atoms with Crippen LogP contribution in [0.2, 0.25) is 0 Å². The van der Waals surface area contributed by atoms with Gasteiger partial charge in [-0.25, -0.2) is 13.1 Å². The third-order valence-corrected chi connectivity index (χ3v) is 5.41. The van der Waals surface area contributed by atoms with Crippen LogP contribution in [0.1, 0.15) is 24.5 Å². The van der Waals surface area contributed by atoms with Gasteiger partial charge in [0.15, 0.2) is 0 Å². The zero-order chi connectivity index (χ0) is 14.6. The number of anilines is 1. The summed E-state index contributed by atoms with van der Waals surface area (Å²) in [5.74, 6) is 0.750. The number of thioether (sulfide) groups is 1. The van der Waals surface area contributed by atoms with Crippen molar-refractivity contribution in [3.63, 3.8) is 0 Å². The van der Waals surface area contributed by atoms with Gasteiger partial charge < -0.3 is 5.73 Å². The van der Waals surface area contributed by atoms with E-state index in [1.807, 2.05) is 27.0 Å². The fourth-order valence-electron chi connectivity index (χ4n) is 1.76. The summed E-state index contributed by atoms with van der Waals surface area (Å²) >= 11 is 1.62. The molecule has 6 heteroatoms. The molecule has 0 aliphatic rings. The first kappa shape index (κ1) is 16.3.